The lowest BCUT2D eigenvalue weighted by Gasteiger charge is -2.25. The van der Waals surface area contributed by atoms with Crippen LogP contribution in [0.4, 0.5) is 13.2 Å². The molecule has 1 saturated heterocycles. The number of nitrogens with one attached hydrogen (secondary N) is 1. The van der Waals surface area contributed by atoms with Crippen molar-refractivity contribution in [1.82, 2.24) is 10.2 Å². The summed E-state index contributed by atoms with van der Waals surface area (Å²) in [7, 11) is 0. The van der Waals surface area contributed by atoms with E-state index in [9.17, 15) is 18.3 Å². The highest BCUT2D eigenvalue weighted by atomic mass is 19.4. The van der Waals surface area contributed by atoms with Crippen LogP contribution in [0.25, 0.3) is 0 Å². The molecule has 0 bridgehead atoms. The summed E-state index contributed by atoms with van der Waals surface area (Å²) < 4.78 is 37.4. The molecule has 1 unspecified atom stereocenters. The minimum Gasteiger partial charge on any atom is -0.508 e. The number of rotatable bonds is 2. The van der Waals surface area contributed by atoms with Crippen LogP contribution in [0.15, 0.2) is 24.3 Å². The smallest absolute Gasteiger partial charge is 0.401 e. The molecule has 106 valence electrons. The first kappa shape index (κ1) is 14.1. The summed E-state index contributed by atoms with van der Waals surface area (Å²) in [5.41, 5.74) is 0.895. The maximum atomic E-state index is 12.5. The second kappa shape index (κ2) is 5.79. The van der Waals surface area contributed by atoms with Gasteiger partial charge in [-0.2, -0.15) is 13.2 Å². The molecule has 2 N–H and O–H groups in total. The number of hydrogen-bond acceptors (Lipinski definition) is 3. The average molecular weight is 274 g/mol. The van der Waals surface area contributed by atoms with Crippen LogP contribution in [0.1, 0.15) is 18.0 Å². The van der Waals surface area contributed by atoms with Gasteiger partial charge in [0.15, 0.2) is 0 Å². The average Bonchev–Trinajstić information content (AvgIpc) is 2.53. The van der Waals surface area contributed by atoms with Crippen molar-refractivity contribution >= 4 is 0 Å². The summed E-state index contributed by atoms with van der Waals surface area (Å²) >= 11 is 0. The fourth-order valence-electron chi connectivity index (χ4n) is 2.32. The standard InChI is InChI=1S/C13H17F3N2O/c14-13(15,16)9-18-7-1-6-17-12(8-18)10-2-4-11(19)5-3-10/h2-5,12,17,19H,1,6-9H2. The Bertz CT molecular complexity index is 405. The van der Waals surface area contributed by atoms with Crippen molar-refractivity contribution < 1.29 is 18.3 Å². The van der Waals surface area contributed by atoms with Crippen molar-refractivity contribution in [2.75, 3.05) is 26.2 Å². The molecule has 3 nitrogen and oxygen atoms in total. The van der Waals surface area contributed by atoms with E-state index in [0.29, 0.717) is 26.1 Å². The van der Waals surface area contributed by atoms with Crippen LogP contribution in [0, 0.1) is 0 Å². The van der Waals surface area contributed by atoms with Crippen LogP contribution in [0.2, 0.25) is 0 Å². The predicted octanol–water partition coefficient (Wildman–Crippen LogP) is 2.29. The van der Waals surface area contributed by atoms with Crippen LogP contribution in [-0.4, -0.2) is 42.4 Å². The molecule has 0 amide bonds. The molecule has 1 aromatic rings. The fourth-order valence-corrected chi connectivity index (χ4v) is 2.32. The number of phenols is 1. The zero-order chi connectivity index (χ0) is 13.9. The first-order chi connectivity index (χ1) is 8.94. The van der Waals surface area contributed by atoms with Gasteiger partial charge in [-0.25, -0.2) is 0 Å². The van der Waals surface area contributed by atoms with Gasteiger partial charge in [-0.1, -0.05) is 12.1 Å². The second-order valence-electron chi connectivity index (χ2n) is 4.80. The molecule has 1 atom stereocenters. The Balaban J connectivity index is 2.06. The number of aromatic hydroxyl groups is 1. The summed E-state index contributed by atoms with van der Waals surface area (Å²) in [6, 6.07) is 6.45. The van der Waals surface area contributed by atoms with Crippen LogP contribution in [0.5, 0.6) is 5.75 Å². The van der Waals surface area contributed by atoms with Crippen LogP contribution in [0.3, 0.4) is 0 Å². The lowest BCUT2D eigenvalue weighted by molar-refractivity contribution is -0.146. The molecule has 0 spiro atoms. The fraction of sp³-hybridized carbons (Fsp3) is 0.538. The van der Waals surface area contributed by atoms with E-state index in [1.54, 1.807) is 24.3 Å². The maximum absolute atomic E-state index is 12.5. The third-order valence-corrected chi connectivity index (χ3v) is 3.18. The van der Waals surface area contributed by atoms with Crippen LogP contribution in [-0.2, 0) is 0 Å². The number of alkyl halides is 3. The van der Waals surface area contributed by atoms with Crippen molar-refractivity contribution in [3.63, 3.8) is 0 Å². The number of phenolic OH excluding ortho intramolecular Hbond substituents is 1. The van der Waals surface area contributed by atoms with Gasteiger partial charge < -0.3 is 10.4 Å². The normalized spacial score (nSPS) is 22.2. The molecule has 0 aliphatic carbocycles. The Hall–Kier alpha value is -1.27. The first-order valence-corrected chi connectivity index (χ1v) is 6.25. The Morgan fingerprint density at radius 3 is 2.58 bits per heavy atom. The molecule has 1 aromatic carbocycles. The largest absolute Gasteiger partial charge is 0.508 e. The quantitative estimate of drug-likeness (QED) is 0.868. The monoisotopic (exact) mass is 274 g/mol. The van der Waals surface area contributed by atoms with Gasteiger partial charge >= 0.3 is 6.18 Å². The van der Waals surface area contributed by atoms with E-state index >= 15 is 0 Å². The predicted molar refractivity (Wildman–Crippen MR) is 66.0 cm³/mol. The van der Waals surface area contributed by atoms with Crippen molar-refractivity contribution in [3.05, 3.63) is 29.8 Å². The van der Waals surface area contributed by atoms with E-state index in [-0.39, 0.29) is 11.8 Å². The van der Waals surface area contributed by atoms with Gasteiger partial charge in [0.1, 0.15) is 5.75 Å². The van der Waals surface area contributed by atoms with Gasteiger partial charge in [0.25, 0.3) is 0 Å². The van der Waals surface area contributed by atoms with E-state index in [1.165, 1.54) is 4.90 Å². The molecule has 0 radical (unpaired) electrons. The molecular weight excluding hydrogens is 257 g/mol. The highest BCUT2D eigenvalue weighted by molar-refractivity contribution is 5.28. The topological polar surface area (TPSA) is 35.5 Å². The molecule has 19 heavy (non-hydrogen) atoms. The third-order valence-electron chi connectivity index (χ3n) is 3.18. The highest BCUT2D eigenvalue weighted by Gasteiger charge is 2.32. The molecule has 0 aromatic heterocycles. The van der Waals surface area contributed by atoms with Crippen molar-refractivity contribution in [2.24, 2.45) is 0 Å². The molecule has 6 heteroatoms. The molecule has 0 saturated carbocycles. The zero-order valence-corrected chi connectivity index (χ0v) is 10.5. The Morgan fingerprint density at radius 1 is 1.26 bits per heavy atom. The minimum atomic E-state index is -4.16. The van der Waals surface area contributed by atoms with Crippen LogP contribution >= 0.6 is 0 Å². The number of halogens is 3. The molecular formula is C13H17F3N2O. The molecule has 1 aliphatic rings. The lowest BCUT2D eigenvalue weighted by Crippen LogP contribution is -2.37. The highest BCUT2D eigenvalue weighted by Crippen LogP contribution is 2.23. The molecule has 2 rings (SSSR count). The van der Waals surface area contributed by atoms with Crippen molar-refractivity contribution in [3.8, 4) is 5.75 Å². The summed E-state index contributed by atoms with van der Waals surface area (Å²) in [5.74, 6) is 0.157. The van der Waals surface area contributed by atoms with Crippen LogP contribution < -0.4 is 5.32 Å². The minimum absolute atomic E-state index is 0.134. The first-order valence-electron chi connectivity index (χ1n) is 6.25. The SMILES string of the molecule is Oc1ccc(C2CN(CC(F)(F)F)CCCN2)cc1. The molecule has 1 fully saturated rings. The Labute approximate surface area is 110 Å². The van der Waals surface area contributed by atoms with Gasteiger partial charge in [-0.3, -0.25) is 4.90 Å². The lowest BCUT2D eigenvalue weighted by atomic mass is 10.1. The van der Waals surface area contributed by atoms with Gasteiger partial charge in [-0.05, 0) is 37.2 Å². The summed E-state index contributed by atoms with van der Waals surface area (Å²) in [5, 5.41) is 12.5. The van der Waals surface area contributed by atoms with Gasteiger partial charge in [0.2, 0.25) is 0 Å². The van der Waals surface area contributed by atoms with Gasteiger partial charge in [-0.15, -0.1) is 0 Å². The number of hydrogen-bond donors (Lipinski definition) is 2. The number of benzene rings is 1. The van der Waals surface area contributed by atoms with E-state index in [2.05, 4.69) is 5.32 Å². The maximum Gasteiger partial charge on any atom is 0.401 e. The Kier molecular flexibility index (Phi) is 4.31. The summed E-state index contributed by atoms with van der Waals surface area (Å²) in [6.45, 7) is 0.592. The molecule has 1 aliphatic heterocycles. The Morgan fingerprint density at radius 2 is 1.95 bits per heavy atom. The zero-order valence-electron chi connectivity index (χ0n) is 10.5. The van der Waals surface area contributed by atoms with E-state index in [4.69, 9.17) is 0 Å². The van der Waals surface area contributed by atoms with Gasteiger partial charge in [0, 0.05) is 12.6 Å². The van der Waals surface area contributed by atoms with E-state index in [1.807, 2.05) is 0 Å². The van der Waals surface area contributed by atoms with Crippen molar-refractivity contribution in [2.45, 2.75) is 18.6 Å². The second-order valence-corrected chi connectivity index (χ2v) is 4.80. The summed E-state index contributed by atoms with van der Waals surface area (Å²) in [6.07, 6.45) is -3.46. The van der Waals surface area contributed by atoms with E-state index in [0.717, 1.165) is 5.56 Å². The molecule has 1 heterocycles. The number of nitrogens with zero attached hydrogens (tertiary/aromatic N) is 1. The van der Waals surface area contributed by atoms with Gasteiger partial charge in [0.05, 0.1) is 6.54 Å². The summed E-state index contributed by atoms with van der Waals surface area (Å²) in [4.78, 5) is 1.43. The third kappa shape index (κ3) is 4.40. The van der Waals surface area contributed by atoms with E-state index < -0.39 is 12.7 Å². The van der Waals surface area contributed by atoms with Crippen molar-refractivity contribution in [1.29, 1.82) is 0 Å².